The highest BCUT2D eigenvalue weighted by atomic mass is 32.2. The number of hydrogen-bond acceptors (Lipinski definition) is 3. The normalized spacial score (nSPS) is 15.8. The highest BCUT2D eigenvalue weighted by molar-refractivity contribution is 7.89. The van der Waals surface area contributed by atoms with Crippen LogP contribution >= 0.6 is 0 Å². The van der Waals surface area contributed by atoms with Gasteiger partial charge in [0.05, 0.1) is 4.90 Å². The monoisotopic (exact) mass is 440 g/mol. The molecule has 0 spiro atoms. The van der Waals surface area contributed by atoms with Gasteiger partial charge in [0.25, 0.3) is 0 Å². The van der Waals surface area contributed by atoms with Crippen LogP contribution in [0.25, 0.3) is 10.8 Å². The number of carbonyl (C=O) groups is 1. The summed E-state index contributed by atoms with van der Waals surface area (Å²) in [5, 5.41) is 4.78. The molecule has 1 aliphatic rings. The first-order chi connectivity index (χ1) is 14.9. The zero-order valence-electron chi connectivity index (χ0n) is 17.1. The third kappa shape index (κ3) is 4.94. The molecule has 1 amide bonds. The highest BCUT2D eigenvalue weighted by Gasteiger charge is 2.32. The molecule has 0 radical (unpaired) electrons. The van der Waals surface area contributed by atoms with E-state index in [0.717, 1.165) is 16.3 Å². The Hall–Kier alpha value is -2.77. The summed E-state index contributed by atoms with van der Waals surface area (Å²) in [7, 11) is -3.59. The van der Waals surface area contributed by atoms with Crippen molar-refractivity contribution in [1.29, 1.82) is 0 Å². The molecule has 0 saturated carbocycles. The van der Waals surface area contributed by atoms with E-state index >= 15 is 0 Å². The molecule has 1 aliphatic heterocycles. The fourth-order valence-corrected chi connectivity index (χ4v) is 5.51. The molecule has 3 aromatic carbocycles. The summed E-state index contributed by atoms with van der Waals surface area (Å²) in [5.41, 5.74) is 0.830. The van der Waals surface area contributed by atoms with E-state index in [2.05, 4.69) is 5.32 Å². The summed E-state index contributed by atoms with van der Waals surface area (Å²) in [6.45, 7) is 1.06. The van der Waals surface area contributed by atoms with E-state index in [4.69, 9.17) is 0 Å². The Bertz CT molecular complexity index is 1190. The van der Waals surface area contributed by atoms with Gasteiger partial charge < -0.3 is 5.32 Å². The number of rotatable bonds is 6. The van der Waals surface area contributed by atoms with Crippen molar-refractivity contribution >= 4 is 26.7 Å². The maximum absolute atomic E-state index is 13.2. The van der Waals surface area contributed by atoms with Crippen LogP contribution in [0.1, 0.15) is 18.4 Å². The Kier molecular flexibility index (Phi) is 6.34. The van der Waals surface area contributed by atoms with E-state index in [-0.39, 0.29) is 22.5 Å². The lowest BCUT2D eigenvalue weighted by atomic mass is 9.97. The first kappa shape index (κ1) is 21.5. The molecule has 0 aliphatic carbocycles. The quantitative estimate of drug-likeness (QED) is 0.635. The van der Waals surface area contributed by atoms with Gasteiger partial charge in [-0.3, -0.25) is 4.79 Å². The van der Waals surface area contributed by atoms with Crippen LogP contribution in [0.3, 0.4) is 0 Å². The van der Waals surface area contributed by atoms with Crippen molar-refractivity contribution in [3.8, 4) is 0 Å². The largest absolute Gasteiger partial charge is 0.356 e. The maximum Gasteiger partial charge on any atom is 0.243 e. The molecule has 0 unspecified atom stereocenters. The molecule has 1 N–H and O–H groups in total. The minimum Gasteiger partial charge on any atom is -0.356 e. The zero-order chi connectivity index (χ0) is 21.8. The van der Waals surface area contributed by atoms with Crippen LogP contribution < -0.4 is 5.32 Å². The fraction of sp³-hybridized carbons (Fsp3) is 0.292. The van der Waals surface area contributed by atoms with E-state index < -0.39 is 10.0 Å². The second-order valence-corrected chi connectivity index (χ2v) is 9.80. The molecule has 1 saturated heterocycles. The lowest BCUT2D eigenvalue weighted by Gasteiger charge is -2.30. The van der Waals surface area contributed by atoms with Crippen LogP contribution in [0.2, 0.25) is 0 Å². The summed E-state index contributed by atoms with van der Waals surface area (Å²) in [6.07, 6.45) is 1.52. The Morgan fingerprint density at radius 3 is 2.45 bits per heavy atom. The van der Waals surface area contributed by atoms with Gasteiger partial charge in [-0.1, -0.05) is 42.5 Å². The predicted molar refractivity (Wildman–Crippen MR) is 119 cm³/mol. The number of nitrogens with zero attached hydrogens (tertiary/aromatic N) is 1. The van der Waals surface area contributed by atoms with E-state index in [1.165, 1.54) is 16.4 Å². The van der Waals surface area contributed by atoms with Gasteiger partial charge in [-0.2, -0.15) is 4.31 Å². The summed E-state index contributed by atoms with van der Waals surface area (Å²) in [5.74, 6) is -0.571. The second kappa shape index (κ2) is 9.16. The molecule has 5 nitrogen and oxygen atoms in total. The number of fused-ring (bicyclic) bond motifs is 1. The molecule has 162 valence electrons. The van der Waals surface area contributed by atoms with Crippen molar-refractivity contribution in [2.24, 2.45) is 5.92 Å². The highest BCUT2D eigenvalue weighted by Crippen LogP contribution is 2.26. The average molecular weight is 441 g/mol. The summed E-state index contributed by atoms with van der Waals surface area (Å²) in [6, 6.07) is 19.1. The summed E-state index contributed by atoms with van der Waals surface area (Å²) in [4.78, 5) is 12.8. The van der Waals surface area contributed by atoms with Crippen molar-refractivity contribution < 1.29 is 17.6 Å². The molecule has 0 bridgehead atoms. The van der Waals surface area contributed by atoms with Gasteiger partial charge in [-0.25, -0.2) is 12.8 Å². The van der Waals surface area contributed by atoms with Crippen molar-refractivity contribution in [1.82, 2.24) is 9.62 Å². The summed E-state index contributed by atoms with van der Waals surface area (Å²) >= 11 is 0. The molecule has 4 rings (SSSR count). The minimum atomic E-state index is -3.59. The van der Waals surface area contributed by atoms with Crippen LogP contribution in [0.5, 0.6) is 0 Å². The first-order valence-corrected chi connectivity index (χ1v) is 11.9. The van der Waals surface area contributed by atoms with E-state index in [1.807, 2.05) is 36.4 Å². The van der Waals surface area contributed by atoms with Crippen molar-refractivity contribution in [3.63, 3.8) is 0 Å². The molecule has 0 aromatic heterocycles. The van der Waals surface area contributed by atoms with Crippen LogP contribution in [0.15, 0.2) is 71.6 Å². The molecule has 1 fully saturated rings. The Morgan fingerprint density at radius 1 is 0.968 bits per heavy atom. The minimum absolute atomic E-state index is 0.0702. The van der Waals surface area contributed by atoms with Crippen molar-refractivity contribution in [3.05, 3.63) is 78.1 Å². The molecular formula is C24H25FN2O3S. The van der Waals surface area contributed by atoms with Crippen molar-refractivity contribution in [2.45, 2.75) is 24.2 Å². The number of carbonyl (C=O) groups excluding carboxylic acids is 1. The second-order valence-electron chi connectivity index (χ2n) is 7.86. The van der Waals surface area contributed by atoms with Crippen LogP contribution in [0, 0.1) is 11.7 Å². The molecule has 3 aromatic rings. The average Bonchev–Trinajstić information content (AvgIpc) is 2.79. The number of halogens is 1. The van der Waals surface area contributed by atoms with Crippen LogP contribution in [-0.2, 0) is 21.2 Å². The van der Waals surface area contributed by atoms with Crippen molar-refractivity contribution in [2.75, 3.05) is 19.6 Å². The molecule has 31 heavy (non-hydrogen) atoms. The van der Waals surface area contributed by atoms with Gasteiger partial charge >= 0.3 is 0 Å². The lowest BCUT2D eigenvalue weighted by molar-refractivity contribution is -0.126. The van der Waals surface area contributed by atoms with Gasteiger partial charge in [0, 0.05) is 25.6 Å². The summed E-state index contributed by atoms with van der Waals surface area (Å²) < 4.78 is 40.8. The van der Waals surface area contributed by atoms with E-state index in [0.29, 0.717) is 38.9 Å². The van der Waals surface area contributed by atoms with E-state index in [1.54, 1.807) is 18.2 Å². The number of benzene rings is 3. The Labute approximate surface area is 181 Å². The number of nitrogens with one attached hydrogen (secondary N) is 1. The number of sulfonamides is 1. The van der Waals surface area contributed by atoms with Gasteiger partial charge in [0.1, 0.15) is 5.82 Å². The number of amides is 1. The number of hydrogen-bond donors (Lipinski definition) is 1. The molecule has 0 atom stereocenters. The molecule has 7 heteroatoms. The van der Waals surface area contributed by atoms with Crippen LogP contribution in [-0.4, -0.2) is 38.3 Å². The van der Waals surface area contributed by atoms with E-state index in [9.17, 15) is 17.6 Å². The fourth-order valence-electron chi connectivity index (χ4n) is 4.00. The molecular weight excluding hydrogens is 415 g/mol. The topological polar surface area (TPSA) is 66.5 Å². The third-order valence-corrected chi connectivity index (χ3v) is 7.68. The van der Waals surface area contributed by atoms with Gasteiger partial charge in [-0.05, 0) is 59.9 Å². The smallest absolute Gasteiger partial charge is 0.243 e. The van der Waals surface area contributed by atoms with Gasteiger partial charge in [-0.15, -0.1) is 0 Å². The van der Waals surface area contributed by atoms with Gasteiger partial charge in [0.15, 0.2) is 0 Å². The number of piperidine rings is 1. The first-order valence-electron chi connectivity index (χ1n) is 10.4. The zero-order valence-corrected chi connectivity index (χ0v) is 17.9. The SMILES string of the molecule is O=C(NCCc1cccc(F)c1)C1CCN(S(=O)(=O)c2ccc3ccccc3c2)CC1. The Balaban J connectivity index is 1.32. The predicted octanol–water partition coefficient (Wildman–Crippen LogP) is 3.74. The third-order valence-electron chi connectivity index (χ3n) is 5.79. The Morgan fingerprint density at radius 2 is 1.71 bits per heavy atom. The lowest BCUT2D eigenvalue weighted by Crippen LogP contribution is -2.43. The molecule has 1 heterocycles. The maximum atomic E-state index is 13.2. The van der Waals surface area contributed by atoms with Crippen LogP contribution in [0.4, 0.5) is 4.39 Å². The standard InChI is InChI=1S/C24H25FN2O3S/c25-22-7-3-4-18(16-22)10-13-26-24(28)20-11-14-27(15-12-20)31(29,30)23-9-8-19-5-1-2-6-21(19)17-23/h1-9,16-17,20H,10-15H2,(H,26,28). The van der Waals surface area contributed by atoms with Gasteiger partial charge in [0.2, 0.25) is 15.9 Å².